The molecule has 1 rings (SSSR count). The second-order valence-electron chi connectivity index (χ2n) is 3.88. The maximum atomic E-state index is 11.8. The van der Waals surface area contributed by atoms with Crippen molar-refractivity contribution in [1.82, 2.24) is 0 Å². The number of esters is 1. The second-order valence-corrected chi connectivity index (χ2v) is 4.73. The molecule has 0 heterocycles. The fourth-order valence-electron chi connectivity index (χ4n) is 1.30. The average Bonchev–Trinajstić information content (AvgIpc) is 2.39. The molecule has 110 valence electrons. The fraction of sp³-hybridized carbons (Fsp3) is 0.385. The third-order valence-electron chi connectivity index (χ3n) is 2.29. The van der Waals surface area contributed by atoms with Crippen LogP contribution in [0.5, 0.6) is 0 Å². The lowest BCUT2D eigenvalue weighted by atomic mass is 10.3. The number of hydrogen-bond acceptors (Lipinski definition) is 4. The van der Waals surface area contributed by atoms with Gasteiger partial charge in [0.1, 0.15) is 6.61 Å². The van der Waals surface area contributed by atoms with Crippen molar-refractivity contribution >= 4 is 40.8 Å². The average molecular weight is 320 g/mol. The smallest absolute Gasteiger partial charge is 0.332 e. The highest BCUT2D eigenvalue weighted by atomic mass is 35.5. The lowest BCUT2D eigenvalue weighted by Gasteiger charge is -2.14. The summed E-state index contributed by atoms with van der Waals surface area (Å²) >= 11 is 11.7. The fourth-order valence-corrected chi connectivity index (χ4v) is 1.75. The van der Waals surface area contributed by atoms with Crippen LogP contribution >= 0.6 is 23.2 Å². The number of carbonyl (C=O) groups excluding carboxylic acids is 2. The molecule has 0 aliphatic carbocycles. The zero-order chi connectivity index (χ0) is 15.1. The van der Waals surface area contributed by atoms with Gasteiger partial charge in [0.25, 0.3) is 5.91 Å². The topological polar surface area (TPSA) is 64.6 Å². The standard InChI is InChI=1S/C13H15Cl2NO4/c1-3-19-7-12(17)20-8(2)13(18)16-11-5-4-9(14)6-10(11)15/h4-6,8H,3,7H2,1-2H3,(H,16,18)/t8-/m1/s1. The van der Waals surface area contributed by atoms with E-state index >= 15 is 0 Å². The molecule has 1 atom stereocenters. The van der Waals surface area contributed by atoms with Gasteiger partial charge in [-0.15, -0.1) is 0 Å². The SMILES string of the molecule is CCOCC(=O)O[C@H](C)C(=O)Nc1ccc(Cl)cc1Cl. The Morgan fingerprint density at radius 1 is 1.35 bits per heavy atom. The molecule has 0 bridgehead atoms. The van der Waals surface area contributed by atoms with E-state index in [-0.39, 0.29) is 6.61 Å². The van der Waals surface area contributed by atoms with Crippen LogP contribution in [0.4, 0.5) is 5.69 Å². The summed E-state index contributed by atoms with van der Waals surface area (Å²) in [5, 5.41) is 3.32. The van der Waals surface area contributed by atoms with Gasteiger partial charge in [0.05, 0.1) is 10.7 Å². The highest BCUT2D eigenvalue weighted by Crippen LogP contribution is 2.25. The van der Waals surface area contributed by atoms with E-state index in [1.807, 2.05) is 0 Å². The summed E-state index contributed by atoms with van der Waals surface area (Å²) in [5.41, 5.74) is 0.397. The van der Waals surface area contributed by atoms with Crippen molar-refractivity contribution in [3.05, 3.63) is 28.2 Å². The Balaban J connectivity index is 2.55. The molecule has 0 aromatic heterocycles. The van der Waals surface area contributed by atoms with Crippen LogP contribution < -0.4 is 5.32 Å². The third-order valence-corrected chi connectivity index (χ3v) is 2.84. The first-order valence-electron chi connectivity index (χ1n) is 5.97. The molecule has 1 aromatic carbocycles. The Hall–Kier alpha value is -1.30. The molecule has 0 saturated heterocycles. The molecule has 0 fully saturated rings. The van der Waals surface area contributed by atoms with Crippen LogP contribution in [0.3, 0.4) is 0 Å². The summed E-state index contributed by atoms with van der Waals surface area (Å²) in [6.45, 7) is 3.43. The van der Waals surface area contributed by atoms with Crippen LogP contribution in [0.25, 0.3) is 0 Å². The van der Waals surface area contributed by atoms with E-state index in [4.69, 9.17) is 32.7 Å². The summed E-state index contributed by atoms with van der Waals surface area (Å²) in [7, 11) is 0. The van der Waals surface area contributed by atoms with E-state index in [2.05, 4.69) is 5.32 Å². The minimum Gasteiger partial charge on any atom is -0.451 e. The van der Waals surface area contributed by atoms with Gasteiger partial charge in [-0.1, -0.05) is 23.2 Å². The van der Waals surface area contributed by atoms with Crippen LogP contribution in [0, 0.1) is 0 Å². The van der Waals surface area contributed by atoms with Crippen molar-refractivity contribution in [2.24, 2.45) is 0 Å². The minimum atomic E-state index is -0.949. The first kappa shape index (κ1) is 16.8. The Morgan fingerprint density at radius 3 is 2.65 bits per heavy atom. The van der Waals surface area contributed by atoms with Gasteiger partial charge in [-0.3, -0.25) is 4.79 Å². The number of carbonyl (C=O) groups is 2. The summed E-state index contributed by atoms with van der Waals surface area (Å²) in [6.07, 6.45) is -0.949. The summed E-state index contributed by atoms with van der Waals surface area (Å²) < 4.78 is 9.79. The summed E-state index contributed by atoms with van der Waals surface area (Å²) in [5.74, 6) is -1.09. The zero-order valence-electron chi connectivity index (χ0n) is 11.1. The van der Waals surface area contributed by atoms with Crippen LogP contribution in [-0.4, -0.2) is 31.2 Å². The van der Waals surface area contributed by atoms with Gasteiger partial charge in [-0.25, -0.2) is 4.79 Å². The van der Waals surface area contributed by atoms with E-state index in [9.17, 15) is 9.59 Å². The molecule has 20 heavy (non-hydrogen) atoms. The number of amides is 1. The highest BCUT2D eigenvalue weighted by molar-refractivity contribution is 6.36. The maximum Gasteiger partial charge on any atom is 0.332 e. The Labute approximate surface area is 127 Å². The van der Waals surface area contributed by atoms with E-state index in [0.29, 0.717) is 22.3 Å². The van der Waals surface area contributed by atoms with Gasteiger partial charge in [-0.2, -0.15) is 0 Å². The quantitative estimate of drug-likeness (QED) is 0.819. The second kappa shape index (κ2) is 8.09. The lowest BCUT2D eigenvalue weighted by molar-refractivity contribution is -0.157. The molecule has 1 amide bonds. The number of benzene rings is 1. The first-order chi connectivity index (χ1) is 9.43. The molecule has 7 heteroatoms. The van der Waals surface area contributed by atoms with Crippen molar-refractivity contribution in [1.29, 1.82) is 0 Å². The van der Waals surface area contributed by atoms with Crippen LogP contribution in [-0.2, 0) is 19.1 Å². The van der Waals surface area contributed by atoms with Gasteiger partial charge < -0.3 is 14.8 Å². The predicted octanol–water partition coefficient (Wildman–Crippen LogP) is 2.90. The number of halogens is 2. The van der Waals surface area contributed by atoms with E-state index < -0.39 is 18.0 Å². The molecule has 0 spiro atoms. The Bertz CT molecular complexity index is 493. The summed E-state index contributed by atoms with van der Waals surface area (Å²) in [6, 6.07) is 4.66. The number of hydrogen-bond donors (Lipinski definition) is 1. The molecule has 1 N–H and O–H groups in total. The highest BCUT2D eigenvalue weighted by Gasteiger charge is 2.18. The predicted molar refractivity (Wildman–Crippen MR) is 77.1 cm³/mol. The molecule has 0 saturated carbocycles. The van der Waals surface area contributed by atoms with E-state index in [1.165, 1.54) is 13.0 Å². The first-order valence-corrected chi connectivity index (χ1v) is 6.72. The van der Waals surface area contributed by atoms with Gasteiger partial charge in [0.2, 0.25) is 0 Å². The summed E-state index contributed by atoms with van der Waals surface area (Å²) in [4.78, 5) is 23.1. The van der Waals surface area contributed by atoms with Crippen LogP contribution in [0.15, 0.2) is 18.2 Å². The number of anilines is 1. The molecule has 0 radical (unpaired) electrons. The van der Waals surface area contributed by atoms with Crippen molar-refractivity contribution in [3.8, 4) is 0 Å². The molecular weight excluding hydrogens is 305 g/mol. The molecule has 0 unspecified atom stereocenters. The zero-order valence-corrected chi connectivity index (χ0v) is 12.6. The van der Waals surface area contributed by atoms with Crippen molar-refractivity contribution in [2.75, 3.05) is 18.5 Å². The van der Waals surface area contributed by atoms with Crippen molar-refractivity contribution in [2.45, 2.75) is 20.0 Å². The monoisotopic (exact) mass is 319 g/mol. The largest absolute Gasteiger partial charge is 0.451 e. The number of nitrogens with one attached hydrogen (secondary N) is 1. The molecular formula is C13H15Cl2NO4. The van der Waals surface area contributed by atoms with Gasteiger partial charge in [-0.05, 0) is 32.0 Å². The van der Waals surface area contributed by atoms with Crippen molar-refractivity contribution < 1.29 is 19.1 Å². The minimum absolute atomic E-state index is 0.185. The van der Waals surface area contributed by atoms with Gasteiger partial charge in [0, 0.05) is 11.6 Å². The number of ether oxygens (including phenoxy) is 2. The van der Waals surface area contributed by atoms with Crippen molar-refractivity contribution in [3.63, 3.8) is 0 Å². The molecule has 5 nitrogen and oxygen atoms in total. The lowest BCUT2D eigenvalue weighted by Crippen LogP contribution is -2.31. The normalized spacial score (nSPS) is 11.8. The van der Waals surface area contributed by atoms with E-state index in [1.54, 1.807) is 19.1 Å². The Kier molecular flexibility index (Phi) is 6.78. The van der Waals surface area contributed by atoms with E-state index in [0.717, 1.165) is 0 Å². The molecule has 0 aliphatic rings. The Morgan fingerprint density at radius 2 is 2.05 bits per heavy atom. The van der Waals surface area contributed by atoms with Crippen LogP contribution in [0.2, 0.25) is 10.0 Å². The molecule has 0 aliphatic heterocycles. The van der Waals surface area contributed by atoms with Gasteiger partial charge >= 0.3 is 5.97 Å². The number of rotatable bonds is 6. The van der Waals surface area contributed by atoms with Gasteiger partial charge in [0.15, 0.2) is 6.10 Å². The molecule has 1 aromatic rings. The third kappa shape index (κ3) is 5.36. The maximum absolute atomic E-state index is 11.8. The van der Waals surface area contributed by atoms with Crippen LogP contribution in [0.1, 0.15) is 13.8 Å².